The molecule has 1 aliphatic carbocycles. The fourth-order valence-corrected chi connectivity index (χ4v) is 4.85. The van der Waals surface area contributed by atoms with Crippen LogP contribution in [-0.2, 0) is 11.2 Å². The van der Waals surface area contributed by atoms with E-state index in [4.69, 9.17) is 0 Å². The number of nitrogens with one attached hydrogen (secondary N) is 2. The monoisotopic (exact) mass is 447 g/mol. The normalized spacial score (nSPS) is 22.6. The van der Waals surface area contributed by atoms with Crippen LogP contribution in [0.1, 0.15) is 37.1 Å². The molecule has 6 nitrogen and oxygen atoms in total. The van der Waals surface area contributed by atoms with Crippen molar-refractivity contribution in [1.82, 2.24) is 19.9 Å². The van der Waals surface area contributed by atoms with Gasteiger partial charge in [-0.15, -0.1) is 35.0 Å². The van der Waals surface area contributed by atoms with E-state index in [2.05, 4.69) is 33.0 Å². The fraction of sp³-hybridized carbons (Fsp3) is 0.409. The van der Waals surface area contributed by atoms with Crippen molar-refractivity contribution >= 4 is 42.1 Å². The third-order valence-electron chi connectivity index (χ3n) is 6.45. The molecule has 1 aliphatic heterocycles. The Morgan fingerprint density at radius 2 is 1.97 bits per heavy atom. The van der Waals surface area contributed by atoms with Gasteiger partial charge in [0.05, 0.1) is 5.41 Å². The van der Waals surface area contributed by atoms with Gasteiger partial charge in [0.15, 0.2) is 5.65 Å². The Morgan fingerprint density at radius 3 is 2.80 bits per heavy atom. The topological polar surface area (TPSA) is 71.3 Å². The number of carbonyl (C=O) groups excluding carboxylic acids is 1. The van der Waals surface area contributed by atoms with Crippen LogP contribution in [0, 0.1) is 11.3 Å². The van der Waals surface area contributed by atoms with Gasteiger partial charge in [-0.1, -0.05) is 31.0 Å². The van der Waals surface area contributed by atoms with Crippen LogP contribution in [0.4, 0.5) is 5.69 Å². The number of halogens is 2. The minimum atomic E-state index is -0.225. The highest BCUT2D eigenvalue weighted by molar-refractivity contribution is 5.96. The van der Waals surface area contributed by atoms with Gasteiger partial charge >= 0.3 is 0 Å². The van der Waals surface area contributed by atoms with Gasteiger partial charge in [-0.25, -0.2) is 0 Å². The van der Waals surface area contributed by atoms with Crippen molar-refractivity contribution in [2.24, 2.45) is 11.3 Å². The Balaban J connectivity index is 0.00000128. The summed E-state index contributed by atoms with van der Waals surface area (Å²) in [6.07, 6.45) is 7.23. The molecule has 3 aromatic rings. The van der Waals surface area contributed by atoms with Crippen molar-refractivity contribution in [2.45, 2.75) is 32.1 Å². The zero-order valence-electron chi connectivity index (χ0n) is 16.7. The van der Waals surface area contributed by atoms with Crippen LogP contribution in [-0.4, -0.2) is 33.6 Å². The van der Waals surface area contributed by atoms with Crippen LogP contribution in [0.3, 0.4) is 0 Å². The Labute approximate surface area is 188 Å². The van der Waals surface area contributed by atoms with Gasteiger partial charge in [0.2, 0.25) is 5.91 Å². The zero-order valence-corrected chi connectivity index (χ0v) is 18.3. The maximum absolute atomic E-state index is 13.1. The van der Waals surface area contributed by atoms with Crippen LogP contribution < -0.4 is 10.6 Å². The fourth-order valence-electron chi connectivity index (χ4n) is 4.85. The minimum absolute atomic E-state index is 0. The molecule has 2 aliphatic rings. The van der Waals surface area contributed by atoms with Crippen molar-refractivity contribution in [3.63, 3.8) is 0 Å². The lowest BCUT2D eigenvalue weighted by Gasteiger charge is -2.37. The molecule has 1 saturated heterocycles. The Kier molecular flexibility index (Phi) is 7.01. The largest absolute Gasteiger partial charge is 0.326 e. The molecular formula is C22H27Cl2N5O. The number of benzene rings is 1. The van der Waals surface area contributed by atoms with Crippen LogP contribution in [0.15, 0.2) is 48.7 Å². The number of rotatable bonds is 4. The summed E-state index contributed by atoms with van der Waals surface area (Å²) in [5, 5.41) is 15.1. The van der Waals surface area contributed by atoms with E-state index in [1.807, 2.05) is 40.9 Å². The lowest BCUT2D eigenvalue weighted by atomic mass is 9.67. The SMILES string of the molecule is Cl.Cl.O=C(Nc1ccc(Cc2nnc3ccccn23)cc1)[C@@]12CCCC[C@H]1CNC2. The van der Waals surface area contributed by atoms with E-state index in [0.29, 0.717) is 12.3 Å². The van der Waals surface area contributed by atoms with Crippen LogP contribution in [0.5, 0.6) is 0 Å². The molecule has 0 unspecified atom stereocenters. The summed E-state index contributed by atoms with van der Waals surface area (Å²) in [7, 11) is 0. The highest BCUT2D eigenvalue weighted by atomic mass is 35.5. The quantitative estimate of drug-likeness (QED) is 0.636. The van der Waals surface area contributed by atoms with Crippen LogP contribution in [0.2, 0.25) is 0 Å². The molecule has 1 aromatic carbocycles. The van der Waals surface area contributed by atoms with Gasteiger partial charge in [0, 0.05) is 24.8 Å². The molecule has 2 fully saturated rings. The second kappa shape index (κ2) is 9.33. The molecule has 0 spiro atoms. The summed E-state index contributed by atoms with van der Waals surface area (Å²) in [5.41, 5.74) is 2.64. The van der Waals surface area contributed by atoms with Gasteiger partial charge in [-0.2, -0.15) is 0 Å². The Hall–Kier alpha value is -2.15. The number of hydrogen-bond acceptors (Lipinski definition) is 4. The molecule has 2 N–H and O–H groups in total. The van der Waals surface area contributed by atoms with Gasteiger partial charge in [0.1, 0.15) is 5.82 Å². The molecule has 1 amide bonds. The average Bonchev–Trinajstić information content (AvgIpc) is 3.35. The van der Waals surface area contributed by atoms with Crippen molar-refractivity contribution in [3.05, 3.63) is 60.0 Å². The first-order valence-electron chi connectivity index (χ1n) is 10.1. The summed E-state index contributed by atoms with van der Waals surface area (Å²) in [5.74, 6) is 1.56. The van der Waals surface area contributed by atoms with Crippen molar-refractivity contribution in [3.8, 4) is 0 Å². The number of nitrogens with zero attached hydrogens (tertiary/aromatic N) is 3. The minimum Gasteiger partial charge on any atom is -0.326 e. The number of carbonyl (C=O) groups is 1. The first-order valence-corrected chi connectivity index (χ1v) is 10.1. The van der Waals surface area contributed by atoms with Gasteiger partial charge in [0.25, 0.3) is 0 Å². The molecule has 1 saturated carbocycles. The van der Waals surface area contributed by atoms with E-state index >= 15 is 0 Å². The summed E-state index contributed by atoms with van der Waals surface area (Å²) in [4.78, 5) is 13.1. The molecule has 30 heavy (non-hydrogen) atoms. The van der Waals surface area contributed by atoms with Crippen LogP contribution in [0.25, 0.3) is 5.65 Å². The lowest BCUT2D eigenvalue weighted by molar-refractivity contribution is -0.128. The third kappa shape index (κ3) is 4.04. The molecule has 8 heteroatoms. The number of pyridine rings is 1. The molecule has 2 atom stereocenters. The number of hydrogen-bond donors (Lipinski definition) is 2. The van der Waals surface area contributed by atoms with Gasteiger partial charge in [-0.3, -0.25) is 9.20 Å². The van der Waals surface area contributed by atoms with E-state index in [-0.39, 0.29) is 36.1 Å². The van der Waals surface area contributed by atoms with E-state index in [9.17, 15) is 4.79 Å². The van der Waals surface area contributed by atoms with Crippen molar-refractivity contribution in [2.75, 3.05) is 18.4 Å². The van der Waals surface area contributed by atoms with Crippen LogP contribution >= 0.6 is 24.8 Å². The third-order valence-corrected chi connectivity index (χ3v) is 6.45. The first-order chi connectivity index (χ1) is 13.7. The highest BCUT2D eigenvalue weighted by Gasteiger charge is 2.49. The summed E-state index contributed by atoms with van der Waals surface area (Å²) >= 11 is 0. The molecule has 0 radical (unpaired) electrons. The molecule has 2 aromatic heterocycles. The number of anilines is 1. The van der Waals surface area contributed by atoms with Gasteiger partial charge in [-0.05, 0) is 55.1 Å². The molecule has 160 valence electrons. The second-order valence-corrected chi connectivity index (χ2v) is 8.10. The standard InChI is InChI=1S/C22H25N5O.2ClH/c28-21(22-11-3-1-5-17(22)14-23-15-22)24-18-9-7-16(8-10-18)13-20-26-25-19-6-2-4-12-27(19)20;;/h2,4,6-10,12,17,23H,1,3,5,11,13-15H2,(H,24,28);2*1H/t17-,22+;;/m0../s1. The summed E-state index contributed by atoms with van der Waals surface area (Å²) in [6.45, 7) is 1.78. The van der Waals surface area contributed by atoms with E-state index in [0.717, 1.165) is 55.1 Å². The lowest BCUT2D eigenvalue weighted by Crippen LogP contribution is -2.44. The summed E-state index contributed by atoms with van der Waals surface area (Å²) < 4.78 is 2.01. The van der Waals surface area contributed by atoms with E-state index < -0.39 is 0 Å². The van der Waals surface area contributed by atoms with Crippen molar-refractivity contribution in [1.29, 1.82) is 0 Å². The zero-order chi connectivity index (χ0) is 19.0. The number of aromatic nitrogens is 3. The number of amides is 1. The molecule has 5 rings (SSSR count). The predicted octanol–water partition coefficient (Wildman–Crippen LogP) is 3.88. The molecule has 3 heterocycles. The maximum atomic E-state index is 13.1. The van der Waals surface area contributed by atoms with Gasteiger partial charge < -0.3 is 10.6 Å². The average molecular weight is 448 g/mol. The summed E-state index contributed by atoms with van der Waals surface area (Å²) in [6, 6.07) is 14.0. The van der Waals surface area contributed by atoms with E-state index in [1.54, 1.807) is 0 Å². The Morgan fingerprint density at radius 1 is 1.13 bits per heavy atom. The second-order valence-electron chi connectivity index (χ2n) is 8.10. The first kappa shape index (κ1) is 22.5. The molecular weight excluding hydrogens is 421 g/mol. The highest BCUT2D eigenvalue weighted by Crippen LogP contribution is 2.44. The van der Waals surface area contributed by atoms with E-state index in [1.165, 1.54) is 6.42 Å². The predicted molar refractivity (Wildman–Crippen MR) is 123 cm³/mol. The molecule has 0 bridgehead atoms. The number of fused-ring (bicyclic) bond motifs is 2. The Bertz CT molecular complexity index is 1010. The maximum Gasteiger partial charge on any atom is 0.232 e. The van der Waals surface area contributed by atoms with Crippen molar-refractivity contribution < 1.29 is 4.79 Å². The smallest absolute Gasteiger partial charge is 0.232 e.